The molecule has 112 valence electrons. The molecule has 3 aromatic rings. The number of fused-ring (bicyclic) bond motifs is 1. The van der Waals surface area contributed by atoms with Crippen LogP contribution in [-0.4, -0.2) is 15.3 Å². The van der Waals surface area contributed by atoms with Gasteiger partial charge in [-0.05, 0) is 36.6 Å². The first-order chi connectivity index (χ1) is 10.5. The molecule has 0 bridgehead atoms. The minimum Gasteiger partial charge on any atom is -0.322 e. The van der Waals surface area contributed by atoms with E-state index >= 15 is 0 Å². The summed E-state index contributed by atoms with van der Waals surface area (Å²) in [4.78, 5) is 16.9. The molecule has 22 heavy (non-hydrogen) atoms. The number of amides is 1. The van der Waals surface area contributed by atoms with E-state index < -0.39 is 0 Å². The number of carbonyl (C=O) groups excluding carboxylic acids is 1. The summed E-state index contributed by atoms with van der Waals surface area (Å²) in [6, 6.07) is 11.6. The fourth-order valence-corrected chi connectivity index (χ4v) is 2.56. The number of nitrogens with one attached hydrogen (secondary N) is 1. The molecular formula is C18H19N3O. The molecule has 0 saturated heterocycles. The number of hydrogen-bond acceptors (Lipinski definition) is 2. The average Bonchev–Trinajstić information content (AvgIpc) is 2.86. The van der Waals surface area contributed by atoms with Gasteiger partial charge in [0.1, 0.15) is 5.65 Å². The van der Waals surface area contributed by atoms with Crippen LogP contribution in [0.25, 0.3) is 5.65 Å². The van der Waals surface area contributed by atoms with E-state index in [0.717, 1.165) is 22.6 Å². The minimum atomic E-state index is -0.110. The lowest BCUT2D eigenvalue weighted by Gasteiger charge is -2.13. The van der Waals surface area contributed by atoms with E-state index in [1.54, 1.807) is 6.07 Å². The first kappa shape index (κ1) is 14.3. The van der Waals surface area contributed by atoms with Crippen LogP contribution < -0.4 is 5.32 Å². The van der Waals surface area contributed by atoms with Crippen LogP contribution in [0, 0.1) is 6.92 Å². The zero-order valence-corrected chi connectivity index (χ0v) is 13.0. The molecule has 0 atom stereocenters. The molecule has 0 aliphatic carbocycles. The van der Waals surface area contributed by atoms with Crippen LogP contribution in [0.4, 0.5) is 5.69 Å². The molecule has 2 heterocycles. The van der Waals surface area contributed by atoms with Crippen LogP contribution in [0.1, 0.15) is 41.4 Å². The summed E-state index contributed by atoms with van der Waals surface area (Å²) in [5, 5.41) is 3.01. The zero-order valence-electron chi connectivity index (χ0n) is 13.0. The van der Waals surface area contributed by atoms with Crippen molar-refractivity contribution in [1.29, 1.82) is 0 Å². The van der Waals surface area contributed by atoms with Crippen molar-refractivity contribution in [3.8, 4) is 0 Å². The number of imidazole rings is 1. The van der Waals surface area contributed by atoms with Gasteiger partial charge >= 0.3 is 0 Å². The predicted octanol–water partition coefficient (Wildman–Crippen LogP) is 4.02. The van der Waals surface area contributed by atoms with Crippen molar-refractivity contribution in [2.75, 3.05) is 5.32 Å². The summed E-state index contributed by atoms with van der Waals surface area (Å²) < 4.78 is 1.87. The summed E-state index contributed by atoms with van der Waals surface area (Å²) >= 11 is 0. The standard InChI is InChI=1S/C18H19N3O/c1-12(2)15-6-4-5-7-16(15)20-18(22)14-8-9-17-19-13(3)10-21(17)11-14/h4-12H,1-3H3,(H,20,22). The van der Waals surface area contributed by atoms with Gasteiger partial charge in [0.2, 0.25) is 0 Å². The highest BCUT2D eigenvalue weighted by molar-refractivity contribution is 6.04. The van der Waals surface area contributed by atoms with E-state index in [2.05, 4.69) is 24.1 Å². The van der Waals surface area contributed by atoms with E-state index in [9.17, 15) is 4.79 Å². The van der Waals surface area contributed by atoms with Crippen molar-refractivity contribution in [2.24, 2.45) is 0 Å². The third kappa shape index (κ3) is 2.72. The van der Waals surface area contributed by atoms with Crippen molar-refractivity contribution in [3.05, 3.63) is 65.6 Å². The number of hydrogen-bond donors (Lipinski definition) is 1. The lowest BCUT2D eigenvalue weighted by molar-refractivity contribution is 0.102. The smallest absolute Gasteiger partial charge is 0.257 e. The Morgan fingerprint density at radius 1 is 1.14 bits per heavy atom. The van der Waals surface area contributed by atoms with Crippen molar-refractivity contribution in [1.82, 2.24) is 9.38 Å². The molecule has 0 aliphatic heterocycles. The van der Waals surface area contributed by atoms with Gasteiger partial charge in [-0.25, -0.2) is 4.98 Å². The first-order valence-corrected chi connectivity index (χ1v) is 7.40. The Hall–Kier alpha value is -2.62. The maximum absolute atomic E-state index is 12.5. The second-order valence-corrected chi connectivity index (χ2v) is 5.76. The molecule has 2 aromatic heterocycles. The van der Waals surface area contributed by atoms with Crippen LogP contribution >= 0.6 is 0 Å². The number of benzene rings is 1. The number of aromatic nitrogens is 2. The SMILES string of the molecule is Cc1cn2cc(C(=O)Nc3ccccc3C(C)C)ccc2n1. The Kier molecular flexibility index (Phi) is 3.67. The van der Waals surface area contributed by atoms with Crippen molar-refractivity contribution in [3.63, 3.8) is 0 Å². The average molecular weight is 293 g/mol. The molecule has 0 radical (unpaired) electrons. The van der Waals surface area contributed by atoms with Crippen LogP contribution in [0.2, 0.25) is 0 Å². The number of nitrogens with zero attached hydrogens (tertiary/aromatic N) is 2. The highest BCUT2D eigenvalue weighted by Gasteiger charge is 2.11. The fraction of sp³-hybridized carbons (Fsp3) is 0.222. The van der Waals surface area contributed by atoms with Crippen molar-refractivity contribution in [2.45, 2.75) is 26.7 Å². The van der Waals surface area contributed by atoms with Crippen LogP contribution in [0.15, 0.2) is 48.8 Å². The van der Waals surface area contributed by atoms with Gasteiger partial charge < -0.3 is 9.72 Å². The van der Waals surface area contributed by atoms with Gasteiger partial charge in [0, 0.05) is 18.1 Å². The minimum absolute atomic E-state index is 0.110. The molecule has 1 N–H and O–H groups in total. The molecule has 0 spiro atoms. The summed E-state index contributed by atoms with van der Waals surface area (Å²) in [6.45, 7) is 6.17. The molecule has 4 nitrogen and oxygen atoms in total. The van der Waals surface area contributed by atoms with E-state index in [-0.39, 0.29) is 5.91 Å². The summed E-state index contributed by atoms with van der Waals surface area (Å²) in [5.74, 6) is 0.247. The van der Waals surface area contributed by atoms with Crippen molar-refractivity contribution >= 4 is 17.2 Å². The predicted molar refractivity (Wildman–Crippen MR) is 88.4 cm³/mol. The summed E-state index contributed by atoms with van der Waals surface area (Å²) in [5.41, 5.74) is 4.39. The molecule has 0 aliphatic rings. The number of anilines is 1. The topological polar surface area (TPSA) is 46.4 Å². The maximum atomic E-state index is 12.5. The Balaban J connectivity index is 1.90. The molecule has 1 amide bonds. The largest absolute Gasteiger partial charge is 0.322 e. The number of pyridine rings is 1. The van der Waals surface area contributed by atoms with E-state index in [4.69, 9.17) is 0 Å². The highest BCUT2D eigenvalue weighted by Crippen LogP contribution is 2.24. The highest BCUT2D eigenvalue weighted by atomic mass is 16.1. The van der Waals surface area contributed by atoms with Gasteiger partial charge in [-0.15, -0.1) is 0 Å². The van der Waals surface area contributed by atoms with E-state index in [1.165, 1.54) is 0 Å². The summed E-state index contributed by atoms with van der Waals surface area (Å²) in [7, 11) is 0. The van der Waals surface area contributed by atoms with E-state index in [0.29, 0.717) is 11.5 Å². The zero-order chi connectivity index (χ0) is 15.7. The van der Waals surface area contributed by atoms with Gasteiger partial charge in [0.25, 0.3) is 5.91 Å². The summed E-state index contributed by atoms with van der Waals surface area (Å²) in [6.07, 6.45) is 3.72. The Bertz CT molecular complexity index is 833. The van der Waals surface area contributed by atoms with Gasteiger partial charge in [-0.2, -0.15) is 0 Å². The monoisotopic (exact) mass is 293 g/mol. The molecule has 1 aromatic carbocycles. The Morgan fingerprint density at radius 3 is 2.68 bits per heavy atom. The third-order valence-corrected chi connectivity index (χ3v) is 3.66. The first-order valence-electron chi connectivity index (χ1n) is 7.40. The van der Waals surface area contributed by atoms with E-state index in [1.807, 2.05) is 54.0 Å². The third-order valence-electron chi connectivity index (χ3n) is 3.66. The van der Waals surface area contributed by atoms with Gasteiger partial charge in [0.05, 0.1) is 11.3 Å². The molecular weight excluding hydrogens is 274 g/mol. The molecule has 3 rings (SSSR count). The van der Waals surface area contributed by atoms with Crippen molar-refractivity contribution < 1.29 is 4.79 Å². The quantitative estimate of drug-likeness (QED) is 0.793. The Morgan fingerprint density at radius 2 is 1.91 bits per heavy atom. The normalized spacial score (nSPS) is 11.1. The van der Waals surface area contributed by atoms with Gasteiger partial charge in [-0.3, -0.25) is 4.79 Å². The molecule has 0 fully saturated rings. The second-order valence-electron chi connectivity index (χ2n) is 5.76. The van der Waals surface area contributed by atoms with Crippen LogP contribution in [-0.2, 0) is 0 Å². The Labute approximate surface area is 129 Å². The van der Waals surface area contributed by atoms with Gasteiger partial charge in [0.15, 0.2) is 0 Å². The van der Waals surface area contributed by atoms with Crippen LogP contribution in [0.3, 0.4) is 0 Å². The number of aryl methyl sites for hydroxylation is 1. The van der Waals surface area contributed by atoms with Gasteiger partial charge in [-0.1, -0.05) is 32.0 Å². The number of carbonyl (C=O) groups is 1. The second kappa shape index (κ2) is 5.64. The molecule has 4 heteroatoms. The number of rotatable bonds is 3. The van der Waals surface area contributed by atoms with Crippen LogP contribution in [0.5, 0.6) is 0 Å². The lowest BCUT2D eigenvalue weighted by Crippen LogP contribution is -2.14. The lowest BCUT2D eigenvalue weighted by atomic mass is 10.0. The molecule has 0 unspecified atom stereocenters. The maximum Gasteiger partial charge on any atom is 0.257 e. The number of para-hydroxylation sites is 1. The molecule has 0 saturated carbocycles. The fourth-order valence-electron chi connectivity index (χ4n) is 2.56.